The van der Waals surface area contributed by atoms with Gasteiger partial charge in [-0.1, -0.05) is 31.8 Å². The summed E-state index contributed by atoms with van der Waals surface area (Å²) in [6.07, 6.45) is 6.67. The summed E-state index contributed by atoms with van der Waals surface area (Å²) in [5.41, 5.74) is 0. The van der Waals surface area contributed by atoms with Crippen molar-refractivity contribution in [2.45, 2.75) is 70.3 Å². The molecule has 1 N–H and O–H groups in total. The Bertz CT molecular complexity index is 860. The Morgan fingerprint density at radius 2 is 2.07 bits per heavy atom. The number of fused-ring (bicyclic) bond motifs is 1. The van der Waals surface area contributed by atoms with Gasteiger partial charge in [-0.15, -0.1) is 0 Å². The van der Waals surface area contributed by atoms with Gasteiger partial charge in [0.05, 0.1) is 12.2 Å². The highest BCUT2D eigenvalue weighted by Gasteiger charge is 2.46. The van der Waals surface area contributed by atoms with Crippen LogP contribution in [0.4, 0.5) is 0 Å². The molecule has 1 saturated heterocycles. The normalized spacial score (nSPS) is 25.6. The van der Waals surface area contributed by atoms with Crippen molar-refractivity contribution in [1.29, 1.82) is 0 Å². The quantitative estimate of drug-likeness (QED) is 0.825. The van der Waals surface area contributed by atoms with Crippen LogP contribution in [0.5, 0.6) is 0 Å². The van der Waals surface area contributed by atoms with Crippen LogP contribution in [0.1, 0.15) is 86.5 Å². The molecule has 8 nitrogen and oxygen atoms in total. The lowest BCUT2D eigenvalue weighted by Crippen LogP contribution is -2.47. The van der Waals surface area contributed by atoms with E-state index < -0.39 is 0 Å². The number of carbonyl (C=O) groups excluding carboxylic acids is 2. The highest BCUT2D eigenvalue weighted by Crippen LogP contribution is 2.41. The molecule has 2 aromatic rings. The molecule has 1 aliphatic carbocycles. The maximum absolute atomic E-state index is 13.2. The molecule has 2 aliphatic rings. The van der Waals surface area contributed by atoms with Gasteiger partial charge in [0.25, 0.3) is 5.91 Å². The highest BCUT2D eigenvalue weighted by molar-refractivity contribution is 5.92. The summed E-state index contributed by atoms with van der Waals surface area (Å²) < 4.78 is 10.9. The van der Waals surface area contributed by atoms with Gasteiger partial charge in [-0.3, -0.25) is 9.59 Å². The average molecular weight is 415 g/mol. The van der Waals surface area contributed by atoms with Crippen LogP contribution in [0, 0.1) is 5.92 Å². The molecule has 3 heterocycles. The van der Waals surface area contributed by atoms with E-state index in [4.69, 9.17) is 8.94 Å². The topological polar surface area (TPSA) is 101 Å². The van der Waals surface area contributed by atoms with E-state index in [9.17, 15) is 9.59 Å². The first-order chi connectivity index (χ1) is 14.5. The monoisotopic (exact) mass is 414 g/mol. The van der Waals surface area contributed by atoms with E-state index in [0.717, 1.165) is 25.7 Å². The van der Waals surface area contributed by atoms with Crippen LogP contribution < -0.4 is 5.32 Å². The standard InChI is InChI=1S/C22H30N4O4/c1-14(2)19-24-21(30-25-19)15-12-16-17(13-15)26(22(28)18-8-7-11-29-18)10-6-4-3-5-9-23-20(16)27/h7-8,11,14-17H,3-6,9-10,12-13H2,1-2H3,(H,23,27). The molecular formula is C22H30N4O4. The van der Waals surface area contributed by atoms with Crippen LogP contribution >= 0.6 is 0 Å². The zero-order valence-electron chi connectivity index (χ0n) is 17.7. The molecule has 0 spiro atoms. The third-order valence-electron chi connectivity index (χ3n) is 6.21. The van der Waals surface area contributed by atoms with Crippen molar-refractivity contribution in [2.75, 3.05) is 13.1 Å². The second-order valence-electron chi connectivity index (χ2n) is 8.67. The van der Waals surface area contributed by atoms with E-state index in [-0.39, 0.29) is 35.6 Å². The minimum absolute atomic E-state index is 0.00485. The van der Waals surface area contributed by atoms with Gasteiger partial charge in [-0.25, -0.2) is 0 Å². The zero-order chi connectivity index (χ0) is 21.1. The Morgan fingerprint density at radius 3 is 2.80 bits per heavy atom. The molecule has 3 unspecified atom stereocenters. The maximum Gasteiger partial charge on any atom is 0.289 e. The number of nitrogens with zero attached hydrogens (tertiary/aromatic N) is 3. The second-order valence-corrected chi connectivity index (χ2v) is 8.67. The lowest BCUT2D eigenvalue weighted by atomic mass is 10.00. The van der Waals surface area contributed by atoms with E-state index >= 15 is 0 Å². The van der Waals surface area contributed by atoms with Crippen molar-refractivity contribution in [3.8, 4) is 0 Å². The lowest BCUT2D eigenvalue weighted by Gasteiger charge is -2.32. The van der Waals surface area contributed by atoms with Crippen molar-refractivity contribution in [3.05, 3.63) is 35.9 Å². The largest absolute Gasteiger partial charge is 0.459 e. The Morgan fingerprint density at radius 1 is 1.23 bits per heavy atom. The number of hydrogen-bond acceptors (Lipinski definition) is 6. The first kappa shape index (κ1) is 20.6. The number of nitrogens with one attached hydrogen (secondary N) is 1. The van der Waals surface area contributed by atoms with E-state index in [1.54, 1.807) is 12.1 Å². The number of hydrogen-bond donors (Lipinski definition) is 1. The molecule has 2 fully saturated rings. The second kappa shape index (κ2) is 9.02. The van der Waals surface area contributed by atoms with Crippen LogP contribution in [0.25, 0.3) is 0 Å². The highest BCUT2D eigenvalue weighted by atomic mass is 16.5. The van der Waals surface area contributed by atoms with E-state index in [0.29, 0.717) is 43.4 Å². The fourth-order valence-electron chi connectivity index (χ4n) is 4.55. The molecule has 1 saturated carbocycles. The predicted molar refractivity (Wildman–Crippen MR) is 109 cm³/mol. The Kier molecular flexibility index (Phi) is 6.20. The molecule has 162 valence electrons. The van der Waals surface area contributed by atoms with Crippen LogP contribution in [-0.4, -0.2) is 46.0 Å². The SMILES string of the molecule is CC(C)c1noc(C2CC3C(=O)NCCCCCCN(C(=O)c4ccco4)C3C2)n1. The maximum atomic E-state index is 13.2. The molecule has 1 aliphatic heterocycles. The van der Waals surface area contributed by atoms with Crippen molar-refractivity contribution < 1.29 is 18.5 Å². The molecule has 0 radical (unpaired) electrons. The molecule has 30 heavy (non-hydrogen) atoms. The van der Waals surface area contributed by atoms with Gasteiger partial charge >= 0.3 is 0 Å². The van der Waals surface area contributed by atoms with Gasteiger partial charge < -0.3 is 19.2 Å². The van der Waals surface area contributed by atoms with Crippen LogP contribution in [0.2, 0.25) is 0 Å². The molecule has 0 bridgehead atoms. The summed E-state index contributed by atoms with van der Waals surface area (Å²) in [5.74, 6) is 1.23. The van der Waals surface area contributed by atoms with Gasteiger partial charge in [0.1, 0.15) is 0 Å². The Labute approximate surface area is 176 Å². The summed E-state index contributed by atoms with van der Waals surface area (Å²) in [6.45, 7) is 5.33. The molecule has 8 heteroatoms. The first-order valence-corrected chi connectivity index (χ1v) is 11.0. The fraction of sp³-hybridized carbons (Fsp3) is 0.636. The van der Waals surface area contributed by atoms with Gasteiger partial charge in [0.2, 0.25) is 11.8 Å². The van der Waals surface area contributed by atoms with Crippen molar-refractivity contribution in [2.24, 2.45) is 5.92 Å². The molecule has 2 aromatic heterocycles. The average Bonchev–Trinajstić information content (AvgIpc) is 3.48. The fourth-order valence-corrected chi connectivity index (χ4v) is 4.55. The van der Waals surface area contributed by atoms with Gasteiger partial charge in [0.15, 0.2) is 11.6 Å². The molecule has 4 rings (SSSR count). The van der Waals surface area contributed by atoms with Crippen LogP contribution in [-0.2, 0) is 4.79 Å². The summed E-state index contributed by atoms with van der Waals surface area (Å²) >= 11 is 0. The molecule has 2 amide bonds. The molecule has 0 aromatic carbocycles. The number of furan rings is 1. The van der Waals surface area contributed by atoms with Crippen molar-refractivity contribution in [1.82, 2.24) is 20.4 Å². The number of carbonyl (C=O) groups is 2. The number of rotatable bonds is 3. The van der Waals surface area contributed by atoms with E-state index in [2.05, 4.69) is 15.5 Å². The van der Waals surface area contributed by atoms with Gasteiger partial charge in [-0.2, -0.15) is 4.98 Å². The molecule has 3 atom stereocenters. The number of aromatic nitrogens is 2. The summed E-state index contributed by atoms with van der Waals surface area (Å²) in [7, 11) is 0. The smallest absolute Gasteiger partial charge is 0.289 e. The summed E-state index contributed by atoms with van der Waals surface area (Å²) in [6, 6.07) is 3.18. The van der Waals surface area contributed by atoms with Gasteiger partial charge in [-0.05, 0) is 37.8 Å². The van der Waals surface area contributed by atoms with E-state index in [1.165, 1.54) is 6.26 Å². The zero-order valence-corrected chi connectivity index (χ0v) is 17.7. The minimum atomic E-state index is -0.304. The minimum Gasteiger partial charge on any atom is -0.459 e. The Balaban J connectivity index is 1.63. The third-order valence-corrected chi connectivity index (χ3v) is 6.21. The van der Waals surface area contributed by atoms with Crippen molar-refractivity contribution in [3.63, 3.8) is 0 Å². The summed E-state index contributed by atoms with van der Waals surface area (Å²) in [4.78, 5) is 32.7. The van der Waals surface area contributed by atoms with E-state index in [1.807, 2.05) is 18.7 Å². The first-order valence-electron chi connectivity index (χ1n) is 11.0. The Hall–Kier alpha value is -2.64. The third kappa shape index (κ3) is 4.27. The van der Waals surface area contributed by atoms with Gasteiger partial charge in [0, 0.05) is 31.0 Å². The predicted octanol–water partition coefficient (Wildman–Crippen LogP) is 3.48. The van der Waals surface area contributed by atoms with Crippen LogP contribution in [0.15, 0.2) is 27.3 Å². The van der Waals surface area contributed by atoms with Crippen LogP contribution in [0.3, 0.4) is 0 Å². The number of amides is 2. The van der Waals surface area contributed by atoms with Crippen molar-refractivity contribution >= 4 is 11.8 Å². The molecular weight excluding hydrogens is 384 g/mol. The summed E-state index contributed by atoms with van der Waals surface area (Å²) in [5, 5.41) is 7.16. The lowest BCUT2D eigenvalue weighted by molar-refractivity contribution is -0.126.